The molecule has 0 bridgehead atoms. The van der Waals surface area contributed by atoms with Gasteiger partial charge in [0.1, 0.15) is 23.4 Å². The minimum Gasteiger partial charge on any atom is -0.491 e. The van der Waals surface area contributed by atoms with Gasteiger partial charge in [-0.2, -0.15) is 0 Å². The van der Waals surface area contributed by atoms with E-state index < -0.39 is 6.10 Å². The van der Waals surface area contributed by atoms with Gasteiger partial charge >= 0.3 is 0 Å². The summed E-state index contributed by atoms with van der Waals surface area (Å²) in [6.45, 7) is 4.44. The smallest absolute Gasteiger partial charge is 0.119 e. The van der Waals surface area contributed by atoms with Crippen LogP contribution in [0.15, 0.2) is 24.3 Å². The Balaban J connectivity index is 2.46. The van der Waals surface area contributed by atoms with Gasteiger partial charge in [0.25, 0.3) is 0 Å². The molecular weight excluding hydrogens is 288 g/mol. The molecule has 1 unspecified atom stereocenters. The van der Waals surface area contributed by atoms with Gasteiger partial charge in [-0.25, -0.2) is 0 Å². The second kappa shape index (κ2) is 7.70. The van der Waals surface area contributed by atoms with Crippen LogP contribution < -0.4 is 10.5 Å². The third-order valence-corrected chi connectivity index (χ3v) is 3.72. The minimum atomic E-state index is -0.643. The molecule has 0 saturated carbocycles. The predicted molar refractivity (Wildman–Crippen MR) is 87.6 cm³/mol. The molecule has 0 aliphatic rings. The topological polar surface area (TPSA) is 79.0 Å². The summed E-state index contributed by atoms with van der Waals surface area (Å²) in [6, 6.07) is 7.10. The van der Waals surface area contributed by atoms with Crippen molar-refractivity contribution in [3.63, 3.8) is 0 Å². The van der Waals surface area contributed by atoms with Gasteiger partial charge < -0.3 is 20.7 Å². The largest absolute Gasteiger partial charge is 0.491 e. The first-order valence-electron chi connectivity index (χ1n) is 6.79. The summed E-state index contributed by atoms with van der Waals surface area (Å²) in [7, 11) is 1.86. The fourth-order valence-corrected chi connectivity index (χ4v) is 1.78. The molecule has 6 heteroatoms. The lowest BCUT2D eigenvalue weighted by atomic mass is 10.0. The number of hydrogen-bond acceptors (Lipinski definition) is 5. The molecule has 1 aromatic carbocycles. The van der Waals surface area contributed by atoms with E-state index in [9.17, 15) is 10.2 Å². The molecule has 0 spiro atoms. The number of β-amino-alcohol motifs (C(OH)–C–C–N with tert-alkyl or cyclic N) is 1. The number of likely N-dealkylation sites (N-methyl/N-ethyl adjacent to an activating group) is 1. The van der Waals surface area contributed by atoms with Crippen molar-refractivity contribution in [3.8, 4) is 5.75 Å². The number of thiocarbonyl (C=S) groups is 1. The van der Waals surface area contributed by atoms with Crippen molar-refractivity contribution in [1.29, 1.82) is 0 Å². The highest BCUT2D eigenvalue weighted by molar-refractivity contribution is 7.80. The SMILES string of the molecule is CN(CC(O)COc1ccc(C(N)=S)cc1)C(C)(C)CO. The molecule has 0 aromatic heterocycles. The Morgan fingerprint density at radius 1 is 1.38 bits per heavy atom. The summed E-state index contributed by atoms with van der Waals surface area (Å²) in [5.74, 6) is 0.651. The third-order valence-electron chi connectivity index (χ3n) is 3.49. The van der Waals surface area contributed by atoms with Gasteiger partial charge in [-0.1, -0.05) is 12.2 Å². The molecule has 1 rings (SSSR count). The van der Waals surface area contributed by atoms with E-state index in [4.69, 9.17) is 22.7 Å². The lowest BCUT2D eigenvalue weighted by Gasteiger charge is -2.35. The Morgan fingerprint density at radius 2 is 1.95 bits per heavy atom. The average molecular weight is 312 g/mol. The van der Waals surface area contributed by atoms with Crippen molar-refractivity contribution < 1.29 is 14.9 Å². The van der Waals surface area contributed by atoms with Gasteiger partial charge in [-0.3, -0.25) is 4.90 Å². The lowest BCUT2D eigenvalue weighted by Crippen LogP contribution is -2.48. The molecule has 0 aliphatic carbocycles. The molecule has 0 radical (unpaired) electrons. The van der Waals surface area contributed by atoms with Crippen LogP contribution in [-0.4, -0.2) is 58.6 Å². The fourth-order valence-electron chi connectivity index (χ4n) is 1.64. The summed E-state index contributed by atoms with van der Waals surface area (Å²) in [5, 5.41) is 19.3. The number of nitrogens with two attached hydrogens (primary N) is 1. The zero-order chi connectivity index (χ0) is 16.0. The fraction of sp³-hybridized carbons (Fsp3) is 0.533. The first kappa shape index (κ1) is 17.8. The van der Waals surface area contributed by atoms with Crippen molar-refractivity contribution in [2.75, 3.05) is 26.8 Å². The number of aliphatic hydroxyl groups excluding tert-OH is 2. The van der Waals surface area contributed by atoms with Crippen LogP contribution in [0.3, 0.4) is 0 Å². The highest BCUT2D eigenvalue weighted by Crippen LogP contribution is 2.14. The van der Waals surface area contributed by atoms with E-state index in [0.29, 0.717) is 17.3 Å². The molecule has 0 heterocycles. The van der Waals surface area contributed by atoms with Gasteiger partial charge in [0.05, 0.1) is 6.61 Å². The number of hydrogen-bond donors (Lipinski definition) is 3. The molecule has 0 amide bonds. The van der Waals surface area contributed by atoms with Crippen LogP contribution in [0.2, 0.25) is 0 Å². The highest BCUT2D eigenvalue weighted by atomic mass is 32.1. The van der Waals surface area contributed by atoms with Gasteiger partial charge in [0.15, 0.2) is 0 Å². The molecule has 0 aliphatic heterocycles. The summed E-state index contributed by atoms with van der Waals surface area (Å²) in [6.07, 6.45) is -0.643. The van der Waals surface area contributed by atoms with E-state index in [1.807, 2.05) is 25.8 Å². The van der Waals surface area contributed by atoms with Crippen LogP contribution in [0.25, 0.3) is 0 Å². The normalized spacial score (nSPS) is 13.2. The number of rotatable bonds is 8. The molecule has 4 N–H and O–H groups in total. The maximum absolute atomic E-state index is 9.99. The van der Waals surface area contributed by atoms with E-state index in [1.54, 1.807) is 24.3 Å². The number of ether oxygens (including phenoxy) is 1. The van der Waals surface area contributed by atoms with Crippen molar-refractivity contribution in [2.24, 2.45) is 5.73 Å². The maximum atomic E-state index is 9.99. The molecule has 0 fully saturated rings. The standard InChI is InChI=1S/C15H24N2O3S/c1-15(2,10-18)17(3)8-12(19)9-20-13-6-4-11(5-7-13)14(16)21/h4-7,12,18-19H,8-10H2,1-3H3,(H2,16,21). The lowest BCUT2D eigenvalue weighted by molar-refractivity contribution is 0.0193. The second-order valence-corrected chi connectivity index (χ2v) is 6.14. The summed E-state index contributed by atoms with van der Waals surface area (Å²) in [4.78, 5) is 2.24. The Labute approximate surface area is 131 Å². The Bertz CT molecular complexity index is 462. The van der Waals surface area contributed by atoms with Gasteiger partial charge in [0.2, 0.25) is 0 Å². The van der Waals surface area contributed by atoms with Crippen molar-refractivity contribution in [2.45, 2.75) is 25.5 Å². The zero-order valence-corrected chi connectivity index (χ0v) is 13.6. The monoisotopic (exact) mass is 312 g/mol. The highest BCUT2D eigenvalue weighted by Gasteiger charge is 2.24. The third kappa shape index (κ3) is 5.59. The van der Waals surface area contributed by atoms with Crippen LogP contribution in [0, 0.1) is 0 Å². The summed E-state index contributed by atoms with van der Waals surface area (Å²) in [5.41, 5.74) is 5.92. The van der Waals surface area contributed by atoms with Gasteiger partial charge in [0, 0.05) is 17.6 Å². The van der Waals surface area contributed by atoms with E-state index in [1.165, 1.54) is 0 Å². The number of benzene rings is 1. The van der Waals surface area contributed by atoms with Crippen LogP contribution in [-0.2, 0) is 0 Å². The van der Waals surface area contributed by atoms with Crippen LogP contribution >= 0.6 is 12.2 Å². The first-order valence-corrected chi connectivity index (χ1v) is 7.20. The first-order chi connectivity index (χ1) is 9.76. The molecule has 21 heavy (non-hydrogen) atoms. The average Bonchev–Trinajstić information content (AvgIpc) is 2.45. The van der Waals surface area contributed by atoms with Crippen molar-refractivity contribution in [3.05, 3.63) is 29.8 Å². The van der Waals surface area contributed by atoms with Gasteiger partial charge in [-0.05, 0) is 45.2 Å². The molecular formula is C15H24N2O3S. The van der Waals surface area contributed by atoms with Crippen LogP contribution in [0.1, 0.15) is 19.4 Å². The van der Waals surface area contributed by atoms with E-state index in [2.05, 4.69) is 0 Å². The number of aliphatic hydroxyl groups is 2. The molecule has 0 saturated heterocycles. The molecule has 118 valence electrons. The van der Waals surface area contributed by atoms with E-state index >= 15 is 0 Å². The van der Waals surface area contributed by atoms with Crippen molar-refractivity contribution in [1.82, 2.24) is 4.90 Å². The Kier molecular flexibility index (Phi) is 6.54. The summed E-state index contributed by atoms with van der Waals surface area (Å²) < 4.78 is 5.53. The molecule has 1 aromatic rings. The van der Waals surface area contributed by atoms with E-state index in [0.717, 1.165) is 5.56 Å². The molecule has 1 atom stereocenters. The zero-order valence-electron chi connectivity index (χ0n) is 12.7. The second-order valence-electron chi connectivity index (χ2n) is 5.70. The van der Waals surface area contributed by atoms with Crippen LogP contribution in [0.4, 0.5) is 0 Å². The quantitative estimate of drug-likeness (QED) is 0.615. The predicted octanol–water partition coefficient (Wildman–Crippen LogP) is 0.763. The maximum Gasteiger partial charge on any atom is 0.119 e. The van der Waals surface area contributed by atoms with E-state index in [-0.39, 0.29) is 18.8 Å². The van der Waals surface area contributed by atoms with Gasteiger partial charge in [-0.15, -0.1) is 0 Å². The Morgan fingerprint density at radius 3 is 2.43 bits per heavy atom. The summed E-state index contributed by atoms with van der Waals surface area (Å²) >= 11 is 4.88. The van der Waals surface area contributed by atoms with Crippen LogP contribution in [0.5, 0.6) is 5.75 Å². The molecule has 5 nitrogen and oxygen atoms in total. The van der Waals surface area contributed by atoms with Crippen molar-refractivity contribution >= 4 is 17.2 Å². The number of nitrogens with zero attached hydrogens (tertiary/aromatic N) is 1. The Hall–Kier alpha value is -1.21. The minimum absolute atomic E-state index is 0.0253.